The molecule has 3 aromatic heterocycles. The molecule has 5 nitrogen and oxygen atoms in total. The van der Waals surface area contributed by atoms with Crippen molar-refractivity contribution >= 4 is 43.7 Å². The van der Waals surface area contributed by atoms with E-state index < -0.39 is 0 Å². The minimum Gasteiger partial charge on any atom is -0.456 e. The molecule has 0 atom stereocenters. The van der Waals surface area contributed by atoms with Gasteiger partial charge in [0, 0.05) is 38.5 Å². The summed E-state index contributed by atoms with van der Waals surface area (Å²) in [6, 6.07) is 76.3. The number of fused-ring (bicyclic) bond motifs is 7. The monoisotopic (exact) mass is 792 g/mol. The number of nitrogens with zero attached hydrogens (tertiary/aromatic N) is 4. The minimum absolute atomic E-state index is 0.577. The van der Waals surface area contributed by atoms with Crippen LogP contribution in [0.1, 0.15) is 0 Å². The highest BCUT2D eigenvalue weighted by Crippen LogP contribution is 2.44. The van der Waals surface area contributed by atoms with Crippen LogP contribution in [0, 0.1) is 0 Å². The van der Waals surface area contributed by atoms with Crippen LogP contribution in [0.2, 0.25) is 0 Å². The molecule has 0 unspecified atom stereocenters. The van der Waals surface area contributed by atoms with Crippen LogP contribution in [0.25, 0.3) is 117 Å². The first-order chi connectivity index (χ1) is 30.7. The van der Waals surface area contributed by atoms with Gasteiger partial charge in [0.15, 0.2) is 17.5 Å². The van der Waals surface area contributed by atoms with Crippen LogP contribution in [0.3, 0.4) is 0 Å². The molecule has 0 fully saturated rings. The molecule has 0 aliphatic heterocycles. The molecule has 3 heterocycles. The zero-order valence-electron chi connectivity index (χ0n) is 33.5. The van der Waals surface area contributed by atoms with Gasteiger partial charge in [-0.05, 0) is 75.8 Å². The number of furan rings is 1. The summed E-state index contributed by atoms with van der Waals surface area (Å²) in [5, 5.41) is 4.28. The fourth-order valence-electron chi connectivity index (χ4n) is 8.93. The van der Waals surface area contributed by atoms with Gasteiger partial charge in [-0.25, -0.2) is 15.0 Å². The van der Waals surface area contributed by atoms with E-state index in [4.69, 9.17) is 19.4 Å². The first-order valence-electron chi connectivity index (χ1n) is 20.8. The van der Waals surface area contributed by atoms with E-state index in [9.17, 15) is 0 Å². The van der Waals surface area contributed by atoms with Crippen LogP contribution in [0.5, 0.6) is 0 Å². The average molecular weight is 793 g/mol. The third-order valence-electron chi connectivity index (χ3n) is 11.9. The van der Waals surface area contributed by atoms with E-state index in [-0.39, 0.29) is 0 Å². The Morgan fingerprint density at radius 2 is 0.839 bits per heavy atom. The van der Waals surface area contributed by atoms with Crippen molar-refractivity contribution < 1.29 is 4.42 Å². The van der Waals surface area contributed by atoms with E-state index in [0.717, 1.165) is 83.0 Å². The summed E-state index contributed by atoms with van der Waals surface area (Å²) in [5.74, 6) is 1.78. The SMILES string of the molecule is c1ccc(-c2ccc(-c3cccc(-n4c5ccccc5c5ccc6oc7cccc(-c8nc(-c9ccccc9)nc(-c9cccc(-c%10ccccc%10)c9)n8)c7c6c54)c3)cc2)cc1. The van der Waals surface area contributed by atoms with Crippen molar-refractivity contribution in [3.63, 3.8) is 0 Å². The van der Waals surface area contributed by atoms with Gasteiger partial charge in [0.05, 0.1) is 16.4 Å². The molecule has 12 rings (SSSR count). The topological polar surface area (TPSA) is 56.7 Å². The Hall–Kier alpha value is -8.41. The highest BCUT2D eigenvalue weighted by molar-refractivity contribution is 6.26. The summed E-state index contributed by atoms with van der Waals surface area (Å²) < 4.78 is 9.15. The summed E-state index contributed by atoms with van der Waals surface area (Å²) in [4.78, 5) is 15.6. The third kappa shape index (κ3) is 6.06. The normalized spacial score (nSPS) is 11.5. The lowest BCUT2D eigenvalue weighted by Crippen LogP contribution is -2.00. The van der Waals surface area contributed by atoms with Gasteiger partial charge >= 0.3 is 0 Å². The Labute approximate surface area is 357 Å². The van der Waals surface area contributed by atoms with Gasteiger partial charge in [0.1, 0.15) is 11.2 Å². The second-order valence-electron chi connectivity index (χ2n) is 15.6. The van der Waals surface area contributed by atoms with Crippen molar-refractivity contribution in [1.29, 1.82) is 0 Å². The minimum atomic E-state index is 0.577. The average Bonchev–Trinajstić information content (AvgIpc) is 3.91. The Morgan fingerprint density at radius 3 is 1.58 bits per heavy atom. The van der Waals surface area contributed by atoms with Gasteiger partial charge in [0.25, 0.3) is 0 Å². The van der Waals surface area contributed by atoms with E-state index in [1.807, 2.05) is 48.5 Å². The molecule has 5 heteroatoms. The summed E-state index contributed by atoms with van der Waals surface area (Å²) in [5.41, 5.74) is 14.4. The second-order valence-corrected chi connectivity index (χ2v) is 15.6. The number of hydrogen-bond acceptors (Lipinski definition) is 4. The van der Waals surface area contributed by atoms with Gasteiger partial charge in [-0.15, -0.1) is 0 Å². The number of benzene rings is 9. The van der Waals surface area contributed by atoms with E-state index in [1.54, 1.807) is 0 Å². The van der Waals surface area contributed by atoms with Gasteiger partial charge in [-0.3, -0.25) is 0 Å². The molecule has 0 radical (unpaired) electrons. The molecular weight excluding hydrogens is 757 g/mol. The summed E-state index contributed by atoms with van der Waals surface area (Å²) in [6.07, 6.45) is 0. The first-order valence-corrected chi connectivity index (χ1v) is 20.8. The molecule has 0 amide bonds. The Balaban J connectivity index is 1.08. The molecule has 62 heavy (non-hydrogen) atoms. The third-order valence-corrected chi connectivity index (χ3v) is 11.9. The smallest absolute Gasteiger partial charge is 0.164 e. The highest BCUT2D eigenvalue weighted by atomic mass is 16.3. The van der Waals surface area contributed by atoms with Crippen molar-refractivity contribution in [3.05, 3.63) is 218 Å². The predicted molar refractivity (Wildman–Crippen MR) is 254 cm³/mol. The van der Waals surface area contributed by atoms with E-state index in [1.165, 1.54) is 16.5 Å². The highest BCUT2D eigenvalue weighted by Gasteiger charge is 2.23. The van der Waals surface area contributed by atoms with Crippen LogP contribution in [-0.4, -0.2) is 19.5 Å². The Bertz CT molecular complexity index is 3610. The molecule has 0 saturated carbocycles. The number of rotatable bonds is 7. The maximum Gasteiger partial charge on any atom is 0.164 e. The van der Waals surface area contributed by atoms with Crippen molar-refractivity contribution in [2.75, 3.05) is 0 Å². The molecule has 290 valence electrons. The zero-order chi connectivity index (χ0) is 41.0. The van der Waals surface area contributed by atoms with Crippen LogP contribution in [0.15, 0.2) is 223 Å². The molecule has 9 aromatic carbocycles. The Kier molecular flexibility index (Phi) is 8.42. The molecule has 0 spiro atoms. The van der Waals surface area contributed by atoms with Crippen LogP contribution >= 0.6 is 0 Å². The maximum atomic E-state index is 6.76. The lowest BCUT2D eigenvalue weighted by Gasteiger charge is -2.12. The zero-order valence-corrected chi connectivity index (χ0v) is 33.5. The predicted octanol–water partition coefficient (Wildman–Crippen LogP) is 14.9. The van der Waals surface area contributed by atoms with Crippen LogP contribution in [-0.2, 0) is 0 Å². The van der Waals surface area contributed by atoms with Gasteiger partial charge in [-0.2, -0.15) is 0 Å². The van der Waals surface area contributed by atoms with Gasteiger partial charge in [0.2, 0.25) is 0 Å². The van der Waals surface area contributed by atoms with Crippen LogP contribution in [0.4, 0.5) is 0 Å². The maximum absolute atomic E-state index is 6.76. The van der Waals surface area contributed by atoms with Crippen LogP contribution < -0.4 is 0 Å². The summed E-state index contributed by atoms with van der Waals surface area (Å²) >= 11 is 0. The van der Waals surface area contributed by atoms with Crippen molar-refractivity contribution in [2.24, 2.45) is 0 Å². The molecule has 0 aliphatic rings. The van der Waals surface area contributed by atoms with E-state index >= 15 is 0 Å². The Morgan fingerprint density at radius 1 is 0.323 bits per heavy atom. The molecule has 12 aromatic rings. The summed E-state index contributed by atoms with van der Waals surface area (Å²) in [6.45, 7) is 0. The molecular formula is C57H36N4O. The molecule has 0 aliphatic carbocycles. The van der Waals surface area contributed by atoms with Crippen molar-refractivity contribution in [1.82, 2.24) is 19.5 Å². The lowest BCUT2D eigenvalue weighted by atomic mass is 10.00. The van der Waals surface area contributed by atoms with Crippen molar-refractivity contribution in [3.8, 4) is 73.2 Å². The first kappa shape index (κ1) is 35.5. The number of hydrogen-bond donors (Lipinski definition) is 0. The van der Waals surface area contributed by atoms with E-state index in [2.05, 4.69) is 174 Å². The fourth-order valence-corrected chi connectivity index (χ4v) is 8.93. The standard InChI is InChI=1S/C57H36N4O/c1-4-15-37(16-5-1)39-29-31-40(32-30-39)43-22-13-24-45(36-43)61-49-27-11-10-25-46(49)47-33-34-51-53(54(47)61)52-48(26-14-28-50(52)62-51)57-59-55(41-19-8-3-9-20-41)58-56(60-57)44-23-12-21-42(35-44)38-17-6-2-7-18-38/h1-36H. The second kappa shape index (κ2) is 14.7. The molecule has 0 saturated heterocycles. The number of aromatic nitrogens is 4. The van der Waals surface area contributed by atoms with Gasteiger partial charge < -0.3 is 8.98 Å². The quantitative estimate of drug-likeness (QED) is 0.161. The van der Waals surface area contributed by atoms with E-state index in [0.29, 0.717) is 17.5 Å². The fraction of sp³-hybridized carbons (Fsp3) is 0. The number of para-hydroxylation sites is 1. The largest absolute Gasteiger partial charge is 0.456 e. The molecule has 0 bridgehead atoms. The summed E-state index contributed by atoms with van der Waals surface area (Å²) in [7, 11) is 0. The molecule has 0 N–H and O–H groups in total. The van der Waals surface area contributed by atoms with Gasteiger partial charge in [-0.1, -0.05) is 176 Å². The lowest BCUT2D eigenvalue weighted by molar-refractivity contribution is 0.669. The van der Waals surface area contributed by atoms with Crippen molar-refractivity contribution in [2.45, 2.75) is 0 Å².